The molecule has 2 atom stereocenters. The Morgan fingerprint density at radius 1 is 0.377 bits per heavy atom. The second kappa shape index (κ2) is 53.2. The van der Waals surface area contributed by atoms with E-state index in [0.717, 1.165) is 25.7 Å². The van der Waals surface area contributed by atoms with Gasteiger partial charge in [-0.25, -0.2) is 0 Å². The lowest BCUT2D eigenvalue weighted by molar-refractivity contribution is -0.123. The van der Waals surface area contributed by atoms with Crippen LogP contribution in [0, 0.1) is 0 Å². The molecular formula is C57H111NO3. The summed E-state index contributed by atoms with van der Waals surface area (Å²) in [6.07, 6.45) is 70.7. The number of carbonyl (C=O) groups excluding carboxylic acids is 1. The van der Waals surface area contributed by atoms with Crippen LogP contribution in [0.25, 0.3) is 0 Å². The quantitative estimate of drug-likeness (QED) is 0.0422. The third kappa shape index (κ3) is 49.7. The molecule has 0 aliphatic heterocycles. The third-order valence-corrected chi connectivity index (χ3v) is 13.2. The largest absolute Gasteiger partial charge is 0.394 e. The maximum atomic E-state index is 12.4. The third-order valence-electron chi connectivity index (χ3n) is 13.2. The Morgan fingerprint density at radius 3 is 0.902 bits per heavy atom. The fourth-order valence-electron chi connectivity index (χ4n) is 8.88. The number of aliphatic hydroxyl groups is 2. The van der Waals surface area contributed by atoms with E-state index >= 15 is 0 Å². The molecule has 0 saturated carbocycles. The molecule has 4 nitrogen and oxygen atoms in total. The van der Waals surface area contributed by atoms with Gasteiger partial charge in [-0.2, -0.15) is 0 Å². The molecule has 0 spiro atoms. The first-order valence-electron chi connectivity index (χ1n) is 28.1. The molecule has 0 aliphatic rings. The van der Waals surface area contributed by atoms with Crippen LogP contribution in [0.2, 0.25) is 0 Å². The van der Waals surface area contributed by atoms with E-state index in [1.807, 2.05) is 6.08 Å². The lowest BCUT2D eigenvalue weighted by Gasteiger charge is -2.20. The molecule has 0 aliphatic carbocycles. The number of rotatable bonds is 52. The summed E-state index contributed by atoms with van der Waals surface area (Å²) in [5.74, 6) is -0.0600. The van der Waals surface area contributed by atoms with Crippen LogP contribution in [0.1, 0.15) is 316 Å². The second-order valence-corrected chi connectivity index (χ2v) is 19.4. The van der Waals surface area contributed by atoms with Gasteiger partial charge in [0.05, 0.1) is 18.8 Å². The minimum atomic E-state index is -0.835. The second-order valence-electron chi connectivity index (χ2n) is 19.4. The normalized spacial score (nSPS) is 12.9. The molecule has 0 heterocycles. The molecule has 4 heteroatoms. The lowest BCUT2D eigenvalue weighted by Crippen LogP contribution is -2.45. The zero-order valence-corrected chi connectivity index (χ0v) is 41.7. The summed E-state index contributed by atoms with van der Waals surface area (Å²) in [5.41, 5.74) is 0. The van der Waals surface area contributed by atoms with Gasteiger partial charge in [-0.05, 0) is 44.9 Å². The zero-order chi connectivity index (χ0) is 44.2. The fourth-order valence-corrected chi connectivity index (χ4v) is 8.88. The van der Waals surface area contributed by atoms with Gasteiger partial charge in [0.1, 0.15) is 0 Å². The minimum Gasteiger partial charge on any atom is -0.394 e. The van der Waals surface area contributed by atoms with Crippen LogP contribution in [-0.2, 0) is 4.79 Å². The van der Waals surface area contributed by atoms with Crippen molar-refractivity contribution in [2.75, 3.05) is 6.61 Å². The SMILES string of the molecule is CCCCCCCCCCCC/C=C/C(O)C(CO)NC(=O)CCCCCCCCCCCCCCCCCCC/C=C\CCCCCCCCCCCCCCCCCC. The van der Waals surface area contributed by atoms with Gasteiger partial charge in [0, 0.05) is 6.42 Å². The van der Waals surface area contributed by atoms with Gasteiger partial charge >= 0.3 is 0 Å². The van der Waals surface area contributed by atoms with Crippen LogP contribution in [0.3, 0.4) is 0 Å². The van der Waals surface area contributed by atoms with Crippen molar-refractivity contribution >= 4 is 5.91 Å². The van der Waals surface area contributed by atoms with Crippen molar-refractivity contribution in [1.82, 2.24) is 5.32 Å². The van der Waals surface area contributed by atoms with E-state index in [-0.39, 0.29) is 12.5 Å². The average molecular weight is 859 g/mol. The Morgan fingerprint density at radius 2 is 0.623 bits per heavy atom. The summed E-state index contributed by atoms with van der Waals surface area (Å²) in [4.78, 5) is 12.4. The smallest absolute Gasteiger partial charge is 0.220 e. The first-order valence-corrected chi connectivity index (χ1v) is 28.1. The number of carbonyl (C=O) groups is 1. The van der Waals surface area contributed by atoms with Crippen molar-refractivity contribution in [2.24, 2.45) is 0 Å². The summed E-state index contributed by atoms with van der Waals surface area (Å²) >= 11 is 0. The molecule has 0 bridgehead atoms. The van der Waals surface area contributed by atoms with Crippen molar-refractivity contribution in [3.8, 4) is 0 Å². The van der Waals surface area contributed by atoms with Crippen molar-refractivity contribution in [2.45, 2.75) is 328 Å². The molecule has 0 saturated heterocycles. The Kier molecular flexibility index (Phi) is 52.2. The van der Waals surface area contributed by atoms with Crippen LogP contribution in [0.4, 0.5) is 0 Å². The Bertz CT molecular complexity index is 886. The van der Waals surface area contributed by atoms with E-state index in [0.29, 0.717) is 6.42 Å². The number of hydrogen-bond donors (Lipinski definition) is 3. The first kappa shape index (κ1) is 59.9. The van der Waals surface area contributed by atoms with E-state index in [1.165, 1.54) is 270 Å². The molecule has 2 unspecified atom stereocenters. The highest BCUT2D eigenvalue weighted by Crippen LogP contribution is 2.17. The van der Waals surface area contributed by atoms with Gasteiger partial charge in [0.2, 0.25) is 5.91 Å². The molecule has 0 fully saturated rings. The molecule has 0 aromatic carbocycles. The summed E-state index contributed by atoms with van der Waals surface area (Å²) < 4.78 is 0. The Hall–Kier alpha value is -1.13. The highest BCUT2D eigenvalue weighted by Gasteiger charge is 2.18. The predicted molar refractivity (Wildman–Crippen MR) is 272 cm³/mol. The highest BCUT2D eigenvalue weighted by molar-refractivity contribution is 5.76. The number of amides is 1. The van der Waals surface area contributed by atoms with Crippen LogP contribution in [0.5, 0.6) is 0 Å². The van der Waals surface area contributed by atoms with Crippen LogP contribution < -0.4 is 5.32 Å². The monoisotopic (exact) mass is 858 g/mol. The maximum absolute atomic E-state index is 12.4. The summed E-state index contributed by atoms with van der Waals surface area (Å²) in [7, 11) is 0. The molecule has 0 rings (SSSR count). The molecule has 3 N–H and O–H groups in total. The van der Waals surface area contributed by atoms with Crippen LogP contribution in [-0.4, -0.2) is 34.9 Å². The number of aliphatic hydroxyl groups excluding tert-OH is 2. The standard InChI is InChI=1S/C57H111NO3/c1-3-5-7-9-11-13-15-17-18-19-20-21-22-23-24-25-26-27-28-29-30-31-32-33-34-35-36-37-38-39-40-41-43-45-47-49-51-53-57(61)58-55(54-59)56(60)52-50-48-46-44-42-16-14-12-10-8-6-4-2/h27-28,50,52,55-56,59-60H,3-26,29-49,51,53-54H2,1-2H3,(H,58,61)/b28-27-,52-50+. The van der Waals surface area contributed by atoms with E-state index in [4.69, 9.17) is 0 Å². The molecule has 61 heavy (non-hydrogen) atoms. The molecule has 1 amide bonds. The first-order chi connectivity index (χ1) is 30.2. The van der Waals surface area contributed by atoms with Crippen molar-refractivity contribution in [3.05, 3.63) is 24.3 Å². The maximum Gasteiger partial charge on any atom is 0.220 e. The average Bonchev–Trinajstić information content (AvgIpc) is 3.26. The van der Waals surface area contributed by atoms with Crippen molar-refractivity contribution < 1.29 is 15.0 Å². The Labute approximate surface area is 383 Å². The number of allylic oxidation sites excluding steroid dienone is 3. The molecule has 0 aromatic heterocycles. The number of nitrogens with one attached hydrogen (secondary N) is 1. The fraction of sp³-hybridized carbons (Fsp3) is 0.912. The van der Waals surface area contributed by atoms with E-state index in [2.05, 4.69) is 31.3 Å². The molecule has 0 aromatic rings. The van der Waals surface area contributed by atoms with Gasteiger partial charge in [0.15, 0.2) is 0 Å². The number of hydrogen-bond acceptors (Lipinski definition) is 3. The van der Waals surface area contributed by atoms with Gasteiger partial charge < -0.3 is 15.5 Å². The summed E-state index contributed by atoms with van der Waals surface area (Å²) in [6, 6.07) is -0.618. The molecular weight excluding hydrogens is 747 g/mol. The van der Waals surface area contributed by atoms with Gasteiger partial charge in [-0.3, -0.25) is 4.79 Å². The topological polar surface area (TPSA) is 69.6 Å². The Balaban J connectivity index is 3.37. The van der Waals surface area contributed by atoms with Gasteiger partial charge in [-0.1, -0.05) is 289 Å². The number of unbranched alkanes of at least 4 members (excludes halogenated alkanes) is 43. The minimum absolute atomic E-state index is 0.0600. The predicted octanol–water partition coefficient (Wildman–Crippen LogP) is 18.3. The van der Waals surface area contributed by atoms with E-state index < -0.39 is 12.1 Å². The molecule has 0 radical (unpaired) electrons. The van der Waals surface area contributed by atoms with E-state index in [9.17, 15) is 15.0 Å². The zero-order valence-electron chi connectivity index (χ0n) is 41.7. The van der Waals surface area contributed by atoms with E-state index in [1.54, 1.807) is 6.08 Å². The van der Waals surface area contributed by atoms with Gasteiger partial charge in [0.25, 0.3) is 0 Å². The van der Waals surface area contributed by atoms with Crippen LogP contribution in [0.15, 0.2) is 24.3 Å². The molecule has 362 valence electrons. The lowest BCUT2D eigenvalue weighted by atomic mass is 10.0. The highest BCUT2D eigenvalue weighted by atomic mass is 16.3. The van der Waals surface area contributed by atoms with Crippen molar-refractivity contribution in [1.29, 1.82) is 0 Å². The summed E-state index contributed by atoms with van der Waals surface area (Å²) in [6.45, 7) is 4.33. The summed E-state index contributed by atoms with van der Waals surface area (Å²) in [5, 5.41) is 23.0. The van der Waals surface area contributed by atoms with Crippen LogP contribution >= 0.6 is 0 Å². The van der Waals surface area contributed by atoms with Gasteiger partial charge in [-0.15, -0.1) is 0 Å². The van der Waals surface area contributed by atoms with Crippen molar-refractivity contribution in [3.63, 3.8) is 0 Å².